The zero-order chi connectivity index (χ0) is 17.8. The molecule has 0 saturated heterocycles. The summed E-state index contributed by atoms with van der Waals surface area (Å²) < 4.78 is 10.6. The number of nitrogens with zero attached hydrogens (tertiary/aromatic N) is 2. The Hall–Kier alpha value is -2.77. The van der Waals surface area contributed by atoms with E-state index in [1.165, 1.54) is 11.3 Å². The highest BCUT2D eigenvalue weighted by Gasteiger charge is 2.12. The molecule has 7 heteroatoms. The SMILES string of the molecule is O=C(Cc1csc(-c2cccs2)n1)OCc1cc(-c2ccccc2)on1. The highest BCUT2D eigenvalue weighted by atomic mass is 32.1. The molecule has 0 unspecified atom stereocenters. The van der Waals surface area contributed by atoms with Gasteiger partial charge in [-0.3, -0.25) is 4.79 Å². The minimum Gasteiger partial charge on any atom is -0.459 e. The lowest BCUT2D eigenvalue weighted by molar-refractivity contribution is -0.144. The first-order chi connectivity index (χ1) is 12.8. The second-order valence-electron chi connectivity index (χ2n) is 5.51. The van der Waals surface area contributed by atoms with Crippen LogP contribution in [0.25, 0.3) is 21.2 Å². The Bertz CT molecular complexity index is 991. The molecule has 0 fully saturated rings. The smallest absolute Gasteiger partial charge is 0.312 e. The Morgan fingerprint density at radius 3 is 2.77 bits per heavy atom. The maximum absolute atomic E-state index is 12.0. The number of carbonyl (C=O) groups is 1. The van der Waals surface area contributed by atoms with Crippen LogP contribution in [-0.2, 0) is 22.6 Å². The van der Waals surface area contributed by atoms with Crippen LogP contribution in [0.4, 0.5) is 0 Å². The Morgan fingerprint density at radius 2 is 1.96 bits per heavy atom. The Kier molecular flexibility index (Phi) is 4.90. The summed E-state index contributed by atoms with van der Waals surface area (Å²) >= 11 is 3.16. The second-order valence-corrected chi connectivity index (χ2v) is 7.31. The van der Waals surface area contributed by atoms with Crippen LogP contribution in [0.5, 0.6) is 0 Å². The van der Waals surface area contributed by atoms with E-state index in [4.69, 9.17) is 9.26 Å². The summed E-state index contributed by atoms with van der Waals surface area (Å²) in [7, 11) is 0. The summed E-state index contributed by atoms with van der Waals surface area (Å²) in [5.41, 5.74) is 2.23. The van der Waals surface area contributed by atoms with Crippen LogP contribution in [0.3, 0.4) is 0 Å². The van der Waals surface area contributed by atoms with Gasteiger partial charge in [0.05, 0.1) is 17.0 Å². The molecule has 0 amide bonds. The van der Waals surface area contributed by atoms with Gasteiger partial charge in [0.15, 0.2) is 5.76 Å². The first-order valence-electron chi connectivity index (χ1n) is 7.93. The molecular weight excluding hydrogens is 368 g/mol. The molecule has 0 bridgehead atoms. The van der Waals surface area contributed by atoms with E-state index in [0.29, 0.717) is 17.1 Å². The van der Waals surface area contributed by atoms with E-state index in [1.54, 1.807) is 17.4 Å². The molecule has 3 aromatic heterocycles. The molecule has 4 rings (SSSR count). The van der Waals surface area contributed by atoms with E-state index >= 15 is 0 Å². The predicted octanol–water partition coefficient (Wildman–Crippen LogP) is 4.81. The number of benzene rings is 1. The molecule has 0 spiro atoms. The van der Waals surface area contributed by atoms with Gasteiger partial charge in [-0.25, -0.2) is 4.98 Å². The van der Waals surface area contributed by atoms with Gasteiger partial charge in [0.1, 0.15) is 17.3 Å². The van der Waals surface area contributed by atoms with Crippen LogP contribution in [0, 0.1) is 0 Å². The number of ether oxygens (including phenoxy) is 1. The molecule has 4 aromatic rings. The Morgan fingerprint density at radius 1 is 1.08 bits per heavy atom. The lowest BCUT2D eigenvalue weighted by Crippen LogP contribution is -2.08. The third kappa shape index (κ3) is 3.89. The number of esters is 1. The first-order valence-corrected chi connectivity index (χ1v) is 9.69. The second kappa shape index (κ2) is 7.63. The van der Waals surface area contributed by atoms with E-state index in [0.717, 1.165) is 15.4 Å². The van der Waals surface area contributed by atoms with Crippen molar-refractivity contribution in [3.05, 3.63) is 70.7 Å². The summed E-state index contributed by atoms with van der Waals surface area (Å²) in [6.45, 7) is 0.0804. The van der Waals surface area contributed by atoms with Gasteiger partial charge in [0, 0.05) is 17.0 Å². The molecule has 5 nitrogen and oxygen atoms in total. The number of hydrogen-bond donors (Lipinski definition) is 0. The quantitative estimate of drug-likeness (QED) is 0.448. The number of thiophene rings is 1. The van der Waals surface area contributed by atoms with Crippen molar-refractivity contribution in [3.63, 3.8) is 0 Å². The van der Waals surface area contributed by atoms with Crippen LogP contribution in [0.15, 0.2) is 63.8 Å². The summed E-state index contributed by atoms with van der Waals surface area (Å²) in [5, 5.41) is 8.76. The first kappa shape index (κ1) is 16.7. The zero-order valence-corrected chi connectivity index (χ0v) is 15.3. The van der Waals surface area contributed by atoms with Crippen LogP contribution in [0.1, 0.15) is 11.4 Å². The van der Waals surface area contributed by atoms with Crippen molar-refractivity contribution < 1.29 is 14.1 Å². The molecule has 0 radical (unpaired) electrons. The monoisotopic (exact) mass is 382 g/mol. The van der Waals surface area contributed by atoms with Crippen LogP contribution < -0.4 is 0 Å². The van der Waals surface area contributed by atoms with Gasteiger partial charge in [-0.05, 0) is 11.4 Å². The van der Waals surface area contributed by atoms with Gasteiger partial charge in [-0.2, -0.15) is 0 Å². The lowest BCUT2D eigenvalue weighted by Gasteiger charge is -2.00. The van der Waals surface area contributed by atoms with E-state index < -0.39 is 0 Å². The molecule has 3 heterocycles. The molecule has 0 aliphatic rings. The Labute approximate surface area is 157 Å². The van der Waals surface area contributed by atoms with E-state index in [2.05, 4.69) is 10.1 Å². The van der Waals surface area contributed by atoms with Crippen molar-refractivity contribution in [2.75, 3.05) is 0 Å². The van der Waals surface area contributed by atoms with Crippen LogP contribution in [-0.4, -0.2) is 16.1 Å². The normalized spacial score (nSPS) is 10.8. The predicted molar refractivity (Wildman–Crippen MR) is 101 cm³/mol. The van der Waals surface area contributed by atoms with Gasteiger partial charge in [-0.1, -0.05) is 41.6 Å². The standard InChI is InChI=1S/C19H14N2O3S2/c22-18(10-15-12-26-19(20-15)17-7-4-8-25-17)23-11-14-9-16(24-21-14)13-5-2-1-3-6-13/h1-9,12H,10-11H2. The van der Waals surface area contributed by atoms with Gasteiger partial charge < -0.3 is 9.26 Å². The van der Waals surface area contributed by atoms with E-state index in [-0.39, 0.29) is 19.0 Å². The summed E-state index contributed by atoms with van der Waals surface area (Å²) in [5.74, 6) is 0.314. The topological polar surface area (TPSA) is 65.2 Å². The van der Waals surface area contributed by atoms with Crippen molar-refractivity contribution in [3.8, 4) is 21.2 Å². The molecule has 0 saturated carbocycles. The summed E-state index contributed by atoms with van der Waals surface area (Å²) in [6.07, 6.45) is 0.144. The van der Waals surface area contributed by atoms with E-state index in [1.807, 2.05) is 53.2 Å². The van der Waals surface area contributed by atoms with E-state index in [9.17, 15) is 4.79 Å². The third-order valence-electron chi connectivity index (χ3n) is 3.61. The summed E-state index contributed by atoms with van der Waals surface area (Å²) in [4.78, 5) is 17.6. The molecule has 1 aromatic carbocycles. The Balaban J connectivity index is 1.32. The van der Waals surface area contributed by atoms with Crippen LogP contribution >= 0.6 is 22.7 Å². The van der Waals surface area contributed by atoms with Gasteiger partial charge in [-0.15, -0.1) is 22.7 Å². The molecule has 0 N–H and O–H groups in total. The highest BCUT2D eigenvalue weighted by Crippen LogP contribution is 2.28. The number of rotatable bonds is 6. The van der Waals surface area contributed by atoms with Crippen molar-refractivity contribution in [2.45, 2.75) is 13.0 Å². The number of thiazole rings is 1. The maximum Gasteiger partial charge on any atom is 0.312 e. The van der Waals surface area contributed by atoms with Crippen molar-refractivity contribution in [1.29, 1.82) is 0 Å². The average Bonchev–Trinajstić information content (AvgIpc) is 3.41. The van der Waals surface area contributed by atoms with Crippen molar-refractivity contribution in [1.82, 2.24) is 10.1 Å². The average molecular weight is 382 g/mol. The fraction of sp³-hybridized carbons (Fsp3) is 0.105. The fourth-order valence-electron chi connectivity index (χ4n) is 2.37. The molecule has 0 aliphatic heterocycles. The highest BCUT2D eigenvalue weighted by molar-refractivity contribution is 7.20. The largest absolute Gasteiger partial charge is 0.459 e. The molecule has 130 valence electrons. The number of aromatic nitrogens is 2. The zero-order valence-electron chi connectivity index (χ0n) is 13.6. The minimum atomic E-state index is -0.336. The number of carbonyl (C=O) groups excluding carboxylic acids is 1. The molecular formula is C19H14N2O3S2. The lowest BCUT2D eigenvalue weighted by atomic mass is 10.2. The van der Waals surface area contributed by atoms with Crippen molar-refractivity contribution >= 4 is 28.6 Å². The van der Waals surface area contributed by atoms with Crippen molar-refractivity contribution in [2.24, 2.45) is 0 Å². The third-order valence-corrected chi connectivity index (χ3v) is 5.54. The molecule has 26 heavy (non-hydrogen) atoms. The maximum atomic E-state index is 12.0. The van der Waals surface area contributed by atoms with Crippen LogP contribution in [0.2, 0.25) is 0 Å². The fourth-order valence-corrected chi connectivity index (χ4v) is 4.01. The minimum absolute atomic E-state index is 0.0804. The van der Waals surface area contributed by atoms with Gasteiger partial charge >= 0.3 is 5.97 Å². The number of hydrogen-bond acceptors (Lipinski definition) is 7. The van der Waals surface area contributed by atoms with Gasteiger partial charge in [0.2, 0.25) is 0 Å². The molecule has 0 aliphatic carbocycles. The summed E-state index contributed by atoms with van der Waals surface area (Å²) in [6, 6.07) is 15.4. The van der Waals surface area contributed by atoms with Gasteiger partial charge in [0.25, 0.3) is 0 Å². The molecule has 0 atom stereocenters.